The molecule has 0 radical (unpaired) electrons. The second kappa shape index (κ2) is 5.09. The number of ether oxygens (including phenoxy) is 1. The first-order chi connectivity index (χ1) is 9.82. The van der Waals surface area contributed by atoms with Crippen LogP contribution in [0.4, 0.5) is 13.2 Å². The van der Waals surface area contributed by atoms with E-state index in [2.05, 4.69) is 0 Å². The standard InChI is InChI=1S/C15H17F3O2S/c1-20-13-6-9(15(16,17)18)2-5-12(13)14(19)7-10-3-4-11(8-14)21-10/h2,5-6,10-11,19H,3-4,7-8H2,1H3. The number of hydrogen-bond acceptors (Lipinski definition) is 3. The van der Waals surface area contributed by atoms with Crippen molar-refractivity contribution in [3.8, 4) is 5.75 Å². The summed E-state index contributed by atoms with van der Waals surface area (Å²) in [5.41, 5.74) is -1.35. The molecule has 2 aliphatic rings. The quantitative estimate of drug-likeness (QED) is 0.895. The van der Waals surface area contributed by atoms with E-state index in [-0.39, 0.29) is 5.75 Å². The minimum Gasteiger partial charge on any atom is -0.496 e. The van der Waals surface area contributed by atoms with Gasteiger partial charge in [-0.2, -0.15) is 24.9 Å². The fourth-order valence-corrected chi connectivity index (χ4v) is 5.22. The highest BCUT2D eigenvalue weighted by Crippen LogP contribution is 2.53. The minimum atomic E-state index is -4.41. The van der Waals surface area contributed by atoms with Crippen LogP contribution in [-0.2, 0) is 11.8 Å². The largest absolute Gasteiger partial charge is 0.496 e. The molecule has 2 bridgehead atoms. The second-order valence-corrected chi connectivity index (χ2v) is 7.42. The fourth-order valence-electron chi connectivity index (χ4n) is 3.39. The van der Waals surface area contributed by atoms with Crippen LogP contribution in [0.3, 0.4) is 0 Å². The van der Waals surface area contributed by atoms with Gasteiger partial charge < -0.3 is 9.84 Å². The molecular weight excluding hydrogens is 301 g/mol. The molecule has 21 heavy (non-hydrogen) atoms. The van der Waals surface area contributed by atoms with Gasteiger partial charge in [-0.1, -0.05) is 6.07 Å². The van der Waals surface area contributed by atoms with Crippen LogP contribution in [0.1, 0.15) is 36.8 Å². The van der Waals surface area contributed by atoms with Crippen LogP contribution in [0, 0.1) is 0 Å². The molecule has 2 atom stereocenters. The smallest absolute Gasteiger partial charge is 0.416 e. The lowest BCUT2D eigenvalue weighted by Crippen LogP contribution is -2.35. The minimum absolute atomic E-state index is 0.124. The van der Waals surface area contributed by atoms with E-state index in [9.17, 15) is 18.3 Å². The third-order valence-corrected chi connectivity index (χ3v) is 5.93. The van der Waals surface area contributed by atoms with Crippen molar-refractivity contribution >= 4 is 11.8 Å². The molecule has 0 amide bonds. The molecule has 1 aromatic carbocycles. The van der Waals surface area contributed by atoms with Crippen LogP contribution in [0.2, 0.25) is 0 Å². The van der Waals surface area contributed by atoms with Crippen molar-refractivity contribution in [1.82, 2.24) is 0 Å². The molecule has 2 nitrogen and oxygen atoms in total. The zero-order valence-electron chi connectivity index (χ0n) is 11.6. The molecule has 1 aromatic rings. The van der Waals surface area contributed by atoms with Gasteiger partial charge in [0.05, 0.1) is 18.3 Å². The van der Waals surface area contributed by atoms with Gasteiger partial charge in [0.2, 0.25) is 0 Å². The lowest BCUT2D eigenvalue weighted by atomic mass is 9.84. The summed E-state index contributed by atoms with van der Waals surface area (Å²) < 4.78 is 43.5. The number of alkyl halides is 3. The number of rotatable bonds is 2. The Morgan fingerprint density at radius 1 is 1.24 bits per heavy atom. The van der Waals surface area contributed by atoms with Crippen molar-refractivity contribution in [1.29, 1.82) is 0 Å². The van der Waals surface area contributed by atoms with E-state index in [1.807, 2.05) is 11.8 Å². The van der Waals surface area contributed by atoms with E-state index in [0.29, 0.717) is 28.9 Å². The summed E-state index contributed by atoms with van der Waals surface area (Å²) in [6.45, 7) is 0. The van der Waals surface area contributed by atoms with Crippen LogP contribution in [-0.4, -0.2) is 22.7 Å². The highest BCUT2D eigenvalue weighted by atomic mass is 32.2. The highest BCUT2D eigenvalue weighted by Gasteiger charge is 2.46. The van der Waals surface area contributed by atoms with Gasteiger partial charge in [0, 0.05) is 16.1 Å². The van der Waals surface area contributed by atoms with E-state index >= 15 is 0 Å². The Morgan fingerprint density at radius 2 is 1.86 bits per heavy atom. The third-order valence-electron chi connectivity index (χ3n) is 4.36. The molecule has 2 aliphatic heterocycles. The predicted octanol–water partition coefficient (Wildman–Crippen LogP) is 3.96. The van der Waals surface area contributed by atoms with E-state index < -0.39 is 17.3 Å². The van der Waals surface area contributed by atoms with Crippen LogP contribution < -0.4 is 4.74 Å². The van der Waals surface area contributed by atoms with Gasteiger partial charge in [-0.25, -0.2) is 0 Å². The van der Waals surface area contributed by atoms with E-state index in [1.54, 1.807) is 0 Å². The maximum absolute atomic E-state index is 12.8. The SMILES string of the molecule is COc1cc(C(F)(F)F)ccc1C1(O)CC2CCC(C1)S2. The van der Waals surface area contributed by atoms with Gasteiger partial charge in [0.25, 0.3) is 0 Å². The Balaban J connectivity index is 1.98. The number of hydrogen-bond donors (Lipinski definition) is 1. The van der Waals surface area contributed by atoms with Crippen molar-refractivity contribution in [2.24, 2.45) is 0 Å². The van der Waals surface area contributed by atoms with Gasteiger partial charge >= 0.3 is 6.18 Å². The first-order valence-corrected chi connectivity index (χ1v) is 7.90. The number of methoxy groups -OCH3 is 1. The first kappa shape index (κ1) is 15.0. The zero-order valence-corrected chi connectivity index (χ0v) is 12.4. The molecule has 1 N–H and O–H groups in total. The molecule has 0 spiro atoms. The van der Waals surface area contributed by atoms with Crippen molar-refractivity contribution in [3.05, 3.63) is 29.3 Å². The summed E-state index contributed by atoms with van der Waals surface area (Å²) in [5, 5.41) is 11.7. The Hall–Kier alpha value is -0.880. The topological polar surface area (TPSA) is 29.5 Å². The average molecular weight is 318 g/mol. The molecule has 3 rings (SSSR count). The maximum Gasteiger partial charge on any atom is 0.416 e. The molecule has 2 fully saturated rings. The molecule has 2 heterocycles. The summed E-state index contributed by atoms with van der Waals surface area (Å²) in [6, 6.07) is 3.38. The molecular formula is C15H17F3O2S. The van der Waals surface area contributed by atoms with Gasteiger partial charge in [-0.05, 0) is 37.8 Å². The number of aliphatic hydroxyl groups is 1. The summed E-state index contributed by atoms with van der Waals surface area (Å²) >= 11 is 1.89. The van der Waals surface area contributed by atoms with Gasteiger partial charge in [-0.15, -0.1) is 0 Å². The van der Waals surface area contributed by atoms with Crippen molar-refractivity contribution in [2.45, 2.75) is 48.0 Å². The summed E-state index contributed by atoms with van der Waals surface area (Å²) in [7, 11) is 1.34. The molecule has 2 unspecified atom stereocenters. The molecule has 6 heteroatoms. The first-order valence-electron chi connectivity index (χ1n) is 6.95. The van der Waals surface area contributed by atoms with E-state index in [0.717, 1.165) is 25.0 Å². The lowest BCUT2D eigenvalue weighted by Gasteiger charge is -2.37. The highest BCUT2D eigenvalue weighted by molar-refractivity contribution is 8.00. The maximum atomic E-state index is 12.8. The molecule has 0 aromatic heterocycles. The molecule has 0 aliphatic carbocycles. The second-order valence-electron chi connectivity index (χ2n) is 5.81. The van der Waals surface area contributed by atoms with Crippen LogP contribution in [0.25, 0.3) is 0 Å². The zero-order chi connectivity index (χ0) is 15.3. The summed E-state index contributed by atoms with van der Waals surface area (Å²) in [5.74, 6) is 0.124. The Morgan fingerprint density at radius 3 is 2.38 bits per heavy atom. The van der Waals surface area contributed by atoms with Crippen molar-refractivity contribution < 1.29 is 23.0 Å². The normalized spacial score (nSPS) is 32.2. The average Bonchev–Trinajstić information content (AvgIpc) is 2.76. The number of benzene rings is 1. The van der Waals surface area contributed by atoms with Crippen molar-refractivity contribution in [2.75, 3.05) is 7.11 Å². The van der Waals surface area contributed by atoms with E-state index in [4.69, 9.17) is 4.74 Å². The predicted molar refractivity (Wildman–Crippen MR) is 75.5 cm³/mol. The van der Waals surface area contributed by atoms with Crippen LogP contribution >= 0.6 is 11.8 Å². The summed E-state index contributed by atoms with van der Waals surface area (Å²) in [6.07, 6.45) is -1.11. The summed E-state index contributed by atoms with van der Waals surface area (Å²) in [4.78, 5) is 0. The monoisotopic (exact) mass is 318 g/mol. The number of halogens is 3. The van der Waals surface area contributed by atoms with Crippen LogP contribution in [0.5, 0.6) is 5.75 Å². The van der Waals surface area contributed by atoms with Crippen molar-refractivity contribution in [3.63, 3.8) is 0 Å². The van der Waals surface area contributed by atoms with Crippen LogP contribution in [0.15, 0.2) is 18.2 Å². The molecule has 0 saturated carbocycles. The molecule has 116 valence electrons. The Labute approximate surface area is 125 Å². The van der Waals surface area contributed by atoms with Gasteiger partial charge in [-0.3, -0.25) is 0 Å². The van der Waals surface area contributed by atoms with E-state index in [1.165, 1.54) is 13.2 Å². The fraction of sp³-hybridized carbons (Fsp3) is 0.600. The van der Waals surface area contributed by atoms with Gasteiger partial charge in [0.15, 0.2) is 0 Å². The molecule has 2 saturated heterocycles. The van der Waals surface area contributed by atoms with Gasteiger partial charge in [0.1, 0.15) is 5.75 Å². The Bertz CT molecular complexity index is 532. The third kappa shape index (κ3) is 2.75. The Kier molecular flexibility index (Phi) is 3.64. The number of thioether (sulfide) groups is 1. The lowest BCUT2D eigenvalue weighted by molar-refractivity contribution is -0.137. The number of fused-ring (bicyclic) bond motifs is 2.